The molecule has 1 N–H and O–H groups in total. The lowest BCUT2D eigenvalue weighted by Gasteiger charge is -2.13. The number of furan rings is 1. The molecule has 2 heterocycles. The predicted molar refractivity (Wildman–Crippen MR) is 112 cm³/mol. The fraction of sp³-hybridized carbons (Fsp3) is 0.136. The Morgan fingerprint density at radius 1 is 1.16 bits per heavy atom. The van der Waals surface area contributed by atoms with E-state index in [2.05, 4.69) is 10.4 Å². The number of hydrogen-bond donors (Lipinski definition) is 1. The number of aromatic nitrogens is 2. The highest BCUT2D eigenvalue weighted by molar-refractivity contribution is 6.06. The molecule has 158 valence electrons. The molecule has 2 amide bonds. The minimum absolute atomic E-state index is 0.0608. The number of nitrogens with one attached hydrogen (secondary N) is 1. The SMILES string of the molecule is CN(C)C(=O)c1ccc(Oc2cc(C(=O)Nc3ccn(C)n3)cc3occc23)cc1F. The van der Waals surface area contributed by atoms with E-state index in [4.69, 9.17) is 9.15 Å². The standard InChI is InChI=1S/C22H19FN4O4/c1-26(2)22(29)15-5-4-14(12-17(15)23)31-19-11-13(10-18-16(19)7-9-30-18)21(28)24-20-6-8-27(3)25-20/h4-12H,1-3H3,(H,24,25,28). The molecule has 0 saturated heterocycles. The summed E-state index contributed by atoms with van der Waals surface area (Å²) in [5.41, 5.74) is 0.654. The zero-order valence-electron chi connectivity index (χ0n) is 17.0. The Hall–Kier alpha value is -4.14. The van der Waals surface area contributed by atoms with Gasteiger partial charge >= 0.3 is 0 Å². The molecule has 0 radical (unpaired) electrons. The molecule has 2 aromatic heterocycles. The molecule has 9 heteroatoms. The summed E-state index contributed by atoms with van der Waals surface area (Å²) >= 11 is 0. The maximum absolute atomic E-state index is 14.5. The summed E-state index contributed by atoms with van der Waals surface area (Å²) in [6.07, 6.45) is 3.18. The van der Waals surface area contributed by atoms with Gasteiger partial charge in [0.05, 0.1) is 17.2 Å². The third kappa shape index (κ3) is 4.11. The van der Waals surface area contributed by atoms with Crippen LogP contribution in [0.3, 0.4) is 0 Å². The molecular formula is C22H19FN4O4. The second kappa shape index (κ2) is 7.94. The maximum atomic E-state index is 14.5. The van der Waals surface area contributed by atoms with Crippen molar-refractivity contribution in [2.75, 3.05) is 19.4 Å². The van der Waals surface area contributed by atoms with E-state index >= 15 is 0 Å². The minimum atomic E-state index is -0.705. The first-order chi connectivity index (χ1) is 14.8. The van der Waals surface area contributed by atoms with Gasteiger partial charge in [0, 0.05) is 45.0 Å². The minimum Gasteiger partial charge on any atom is -0.464 e. The number of fused-ring (bicyclic) bond motifs is 1. The van der Waals surface area contributed by atoms with Gasteiger partial charge in [0.1, 0.15) is 22.9 Å². The number of ether oxygens (including phenoxy) is 1. The van der Waals surface area contributed by atoms with Crippen LogP contribution >= 0.6 is 0 Å². The third-order valence-corrected chi connectivity index (χ3v) is 4.56. The fourth-order valence-electron chi connectivity index (χ4n) is 3.02. The van der Waals surface area contributed by atoms with Crippen LogP contribution in [-0.4, -0.2) is 40.6 Å². The van der Waals surface area contributed by atoms with Crippen LogP contribution in [0.1, 0.15) is 20.7 Å². The Bertz CT molecular complexity index is 1290. The molecule has 0 unspecified atom stereocenters. The van der Waals surface area contributed by atoms with E-state index in [1.54, 1.807) is 50.2 Å². The zero-order valence-corrected chi connectivity index (χ0v) is 17.0. The van der Waals surface area contributed by atoms with Crippen molar-refractivity contribution in [1.82, 2.24) is 14.7 Å². The second-order valence-corrected chi connectivity index (χ2v) is 7.08. The topological polar surface area (TPSA) is 89.6 Å². The van der Waals surface area contributed by atoms with Crippen LogP contribution in [0.4, 0.5) is 10.2 Å². The van der Waals surface area contributed by atoms with E-state index in [0.29, 0.717) is 22.5 Å². The number of anilines is 1. The first-order valence-electron chi connectivity index (χ1n) is 9.33. The highest BCUT2D eigenvalue weighted by Gasteiger charge is 2.17. The number of aryl methyl sites for hydroxylation is 1. The molecule has 0 saturated carbocycles. The van der Waals surface area contributed by atoms with Crippen molar-refractivity contribution in [3.05, 3.63) is 71.9 Å². The molecule has 4 rings (SSSR count). The summed E-state index contributed by atoms with van der Waals surface area (Å²) in [5, 5.41) is 7.43. The van der Waals surface area contributed by atoms with E-state index in [0.717, 1.165) is 6.07 Å². The zero-order chi connectivity index (χ0) is 22.1. The molecular weight excluding hydrogens is 403 g/mol. The predicted octanol–water partition coefficient (Wildman–Crippen LogP) is 4.05. The molecule has 0 atom stereocenters. The summed E-state index contributed by atoms with van der Waals surface area (Å²) < 4.78 is 27.3. The molecule has 0 aliphatic rings. The van der Waals surface area contributed by atoms with Crippen molar-refractivity contribution < 1.29 is 23.1 Å². The Kier molecular flexibility index (Phi) is 5.16. The first kappa shape index (κ1) is 20.1. The van der Waals surface area contributed by atoms with Gasteiger partial charge in [-0.25, -0.2) is 4.39 Å². The van der Waals surface area contributed by atoms with Crippen molar-refractivity contribution in [3.63, 3.8) is 0 Å². The van der Waals surface area contributed by atoms with Gasteiger partial charge in [0.15, 0.2) is 5.82 Å². The number of hydrogen-bond acceptors (Lipinski definition) is 5. The van der Waals surface area contributed by atoms with Gasteiger partial charge in [-0.1, -0.05) is 0 Å². The molecule has 0 aliphatic heterocycles. The molecule has 0 fully saturated rings. The number of carbonyl (C=O) groups excluding carboxylic acids is 2. The molecule has 8 nitrogen and oxygen atoms in total. The number of halogens is 1. The van der Waals surface area contributed by atoms with Gasteiger partial charge < -0.3 is 19.4 Å². The summed E-state index contributed by atoms with van der Waals surface area (Å²) in [4.78, 5) is 26.0. The van der Waals surface area contributed by atoms with Crippen LogP contribution in [0.25, 0.3) is 11.0 Å². The summed E-state index contributed by atoms with van der Waals surface area (Å²) in [6.45, 7) is 0. The number of rotatable bonds is 5. The first-order valence-corrected chi connectivity index (χ1v) is 9.33. The normalized spacial score (nSPS) is 10.8. The molecule has 0 bridgehead atoms. The molecule has 2 aromatic carbocycles. The number of benzene rings is 2. The Labute approximate surface area is 176 Å². The summed E-state index contributed by atoms with van der Waals surface area (Å²) in [5.74, 6) is -0.670. The van der Waals surface area contributed by atoms with E-state index in [-0.39, 0.29) is 16.9 Å². The fourth-order valence-corrected chi connectivity index (χ4v) is 3.02. The highest BCUT2D eigenvalue weighted by atomic mass is 19.1. The number of carbonyl (C=O) groups is 2. The van der Waals surface area contributed by atoms with E-state index in [9.17, 15) is 14.0 Å². The van der Waals surface area contributed by atoms with Crippen molar-refractivity contribution in [2.24, 2.45) is 7.05 Å². The average molecular weight is 422 g/mol. The summed E-state index contributed by atoms with van der Waals surface area (Å²) in [6, 6.07) is 10.4. The maximum Gasteiger partial charge on any atom is 0.257 e. The van der Waals surface area contributed by atoms with Crippen molar-refractivity contribution in [2.45, 2.75) is 0 Å². The van der Waals surface area contributed by atoms with E-state index in [1.807, 2.05) is 0 Å². The number of amides is 2. The van der Waals surface area contributed by atoms with Crippen LogP contribution in [0, 0.1) is 5.82 Å². The summed E-state index contributed by atoms with van der Waals surface area (Å²) in [7, 11) is 4.83. The quantitative estimate of drug-likeness (QED) is 0.524. The largest absolute Gasteiger partial charge is 0.464 e. The Balaban J connectivity index is 1.64. The van der Waals surface area contributed by atoms with Crippen LogP contribution in [0.5, 0.6) is 11.5 Å². The van der Waals surface area contributed by atoms with Gasteiger partial charge in [0.2, 0.25) is 0 Å². The van der Waals surface area contributed by atoms with Crippen molar-refractivity contribution in [3.8, 4) is 11.5 Å². The lowest BCUT2D eigenvalue weighted by Crippen LogP contribution is -2.22. The number of nitrogens with zero attached hydrogens (tertiary/aromatic N) is 3. The molecule has 31 heavy (non-hydrogen) atoms. The van der Waals surface area contributed by atoms with Gasteiger partial charge in [-0.05, 0) is 30.3 Å². The van der Waals surface area contributed by atoms with Crippen molar-refractivity contribution >= 4 is 28.6 Å². The molecule has 0 spiro atoms. The van der Waals surface area contributed by atoms with Gasteiger partial charge in [0.25, 0.3) is 11.8 Å². The second-order valence-electron chi connectivity index (χ2n) is 7.08. The van der Waals surface area contributed by atoms with Gasteiger partial charge in [-0.2, -0.15) is 5.10 Å². The molecule has 4 aromatic rings. The Morgan fingerprint density at radius 2 is 1.97 bits per heavy atom. The van der Waals surface area contributed by atoms with Gasteiger partial charge in [-0.15, -0.1) is 0 Å². The lowest BCUT2D eigenvalue weighted by molar-refractivity contribution is 0.0822. The van der Waals surface area contributed by atoms with Crippen LogP contribution < -0.4 is 10.1 Å². The third-order valence-electron chi connectivity index (χ3n) is 4.56. The molecule has 0 aliphatic carbocycles. The van der Waals surface area contributed by atoms with Crippen LogP contribution in [-0.2, 0) is 7.05 Å². The van der Waals surface area contributed by atoms with E-state index < -0.39 is 17.6 Å². The van der Waals surface area contributed by atoms with Gasteiger partial charge in [-0.3, -0.25) is 14.3 Å². The van der Waals surface area contributed by atoms with Crippen LogP contribution in [0.15, 0.2) is 59.3 Å². The monoisotopic (exact) mass is 422 g/mol. The van der Waals surface area contributed by atoms with Crippen LogP contribution in [0.2, 0.25) is 0 Å². The lowest BCUT2D eigenvalue weighted by atomic mass is 10.1. The Morgan fingerprint density at radius 3 is 2.65 bits per heavy atom. The van der Waals surface area contributed by atoms with E-state index in [1.165, 1.54) is 29.4 Å². The van der Waals surface area contributed by atoms with Crippen molar-refractivity contribution in [1.29, 1.82) is 0 Å². The smallest absolute Gasteiger partial charge is 0.257 e. The highest BCUT2D eigenvalue weighted by Crippen LogP contribution is 2.33. The average Bonchev–Trinajstić information content (AvgIpc) is 3.36.